The van der Waals surface area contributed by atoms with Gasteiger partial charge in [-0.3, -0.25) is 4.79 Å². The largest absolute Gasteiger partial charge is 0.388 e. The van der Waals surface area contributed by atoms with Crippen LogP contribution in [0.2, 0.25) is 0 Å². The number of halogens is 2. The normalized spacial score (nSPS) is 14.4. The molecular weight excluding hydrogens is 240 g/mol. The first-order valence-electron chi connectivity index (χ1n) is 5.69. The fourth-order valence-corrected chi connectivity index (χ4v) is 1.20. The van der Waals surface area contributed by atoms with E-state index in [1.54, 1.807) is 6.92 Å². The molecule has 0 aliphatic rings. The summed E-state index contributed by atoms with van der Waals surface area (Å²) in [5.74, 6) is -2.66. The standard InChI is InChI=1S/C13H17F2NO2/c1-8(2)13(3,18)7-16-12(17)9-4-5-10(14)11(15)6-9/h4-6,8,18H,7H2,1-3H3,(H,16,17)/t13-/m0/s1. The minimum atomic E-state index is -1.07. The van der Waals surface area contributed by atoms with Gasteiger partial charge in [-0.25, -0.2) is 8.78 Å². The third-order valence-electron chi connectivity index (χ3n) is 3.03. The smallest absolute Gasteiger partial charge is 0.251 e. The van der Waals surface area contributed by atoms with E-state index in [1.807, 2.05) is 13.8 Å². The fourth-order valence-electron chi connectivity index (χ4n) is 1.20. The molecule has 3 nitrogen and oxygen atoms in total. The molecule has 5 heteroatoms. The molecule has 1 aromatic carbocycles. The maximum absolute atomic E-state index is 12.9. The Hall–Kier alpha value is -1.49. The van der Waals surface area contributed by atoms with Crippen molar-refractivity contribution in [1.82, 2.24) is 5.32 Å². The molecule has 1 atom stereocenters. The van der Waals surface area contributed by atoms with E-state index in [4.69, 9.17) is 0 Å². The Labute approximate surface area is 105 Å². The van der Waals surface area contributed by atoms with Crippen molar-refractivity contribution in [3.63, 3.8) is 0 Å². The van der Waals surface area contributed by atoms with Crippen LogP contribution in [0.1, 0.15) is 31.1 Å². The van der Waals surface area contributed by atoms with E-state index in [0.717, 1.165) is 12.1 Å². The highest BCUT2D eigenvalue weighted by molar-refractivity contribution is 5.94. The van der Waals surface area contributed by atoms with Crippen molar-refractivity contribution in [3.05, 3.63) is 35.4 Å². The molecule has 0 aromatic heterocycles. The van der Waals surface area contributed by atoms with Crippen molar-refractivity contribution in [3.8, 4) is 0 Å². The van der Waals surface area contributed by atoms with Crippen molar-refractivity contribution >= 4 is 5.91 Å². The SMILES string of the molecule is CC(C)[C@@](C)(O)CNC(=O)c1ccc(F)c(F)c1. The average Bonchev–Trinajstić information content (AvgIpc) is 2.29. The van der Waals surface area contributed by atoms with E-state index in [1.165, 1.54) is 6.07 Å². The molecule has 0 bridgehead atoms. The molecular formula is C13H17F2NO2. The van der Waals surface area contributed by atoms with Gasteiger partial charge >= 0.3 is 0 Å². The summed E-state index contributed by atoms with van der Waals surface area (Å²) in [6, 6.07) is 2.91. The van der Waals surface area contributed by atoms with Crippen LogP contribution in [0.4, 0.5) is 8.78 Å². The van der Waals surface area contributed by atoms with Crippen LogP contribution in [0.5, 0.6) is 0 Å². The lowest BCUT2D eigenvalue weighted by Crippen LogP contribution is -2.44. The van der Waals surface area contributed by atoms with Crippen LogP contribution >= 0.6 is 0 Å². The molecule has 2 N–H and O–H groups in total. The molecule has 100 valence electrons. The molecule has 0 spiro atoms. The highest BCUT2D eigenvalue weighted by Crippen LogP contribution is 2.15. The maximum atomic E-state index is 12.9. The third kappa shape index (κ3) is 3.50. The Balaban J connectivity index is 2.69. The van der Waals surface area contributed by atoms with Crippen LogP contribution in [0.25, 0.3) is 0 Å². The predicted octanol–water partition coefficient (Wildman–Crippen LogP) is 2.10. The summed E-state index contributed by atoms with van der Waals surface area (Å²) in [4.78, 5) is 11.7. The molecule has 0 saturated heterocycles. The number of carbonyl (C=O) groups excluding carboxylic acids is 1. The zero-order valence-corrected chi connectivity index (χ0v) is 10.6. The van der Waals surface area contributed by atoms with Crippen molar-refractivity contribution in [2.75, 3.05) is 6.54 Å². The van der Waals surface area contributed by atoms with E-state index in [2.05, 4.69) is 5.32 Å². The average molecular weight is 257 g/mol. The summed E-state index contributed by atoms with van der Waals surface area (Å²) in [6.07, 6.45) is 0. The number of amides is 1. The van der Waals surface area contributed by atoms with Gasteiger partial charge in [-0.05, 0) is 31.0 Å². The summed E-state index contributed by atoms with van der Waals surface area (Å²) in [7, 11) is 0. The number of hydrogen-bond donors (Lipinski definition) is 2. The van der Waals surface area contributed by atoms with Gasteiger partial charge in [-0.2, -0.15) is 0 Å². The van der Waals surface area contributed by atoms with Crippen LogP contribution < -0.4 is 5.32 Å². The zero-order valence-electron chi connectivity index (χ0n) is 10.6. The Morgan fingerprint density at radius 3 is 2.50 bits per heavy atom. The van der Waals surface area contributed by atoms with E-state index in [0.29, 0.717) is 0 Å². The van der Waals surface area contributed by atoms with Crippen molar-refractivity contribution < 1.29 is 18.7 Å². The molecule has 0 aliphatic carbocycles. The molecule has 0 saturated carbocycles. The van der Waals surface area contributed by atoms with Crippen LogP contribution in [0, 0.1) is 17.6 Å². The summed E-state index contributed by atoms with van der Waals surface area (Å²) < 4.78 is 25.6. The summed E-state index contributed by atoms with van der Waals surface area (Å²) in [6.45, 7) is 5.29. The van der Waals surface area contributed by atoms with E-state index >= 15 is 0 Å². The Morgan fingerprint density at radius 1 is 1.39 bits per heavy atom. The number of hydrogen-bond acceptors (Lipinski definition) is 2. The molecule has 0 fully saturated rings. The Kier molecular flexibility index (Phi) is 4.40. The first-order chi connectivity index (χ1) is 8.24. The summed E-state index contributed by atoms with van der Waals surface area (Å²) >= 11 is 0. The number of rotatable bonds is 4. The van der Waals surface area contributed by atoms with Gasteiger partial charge in [0.05, 0.1) is 5.60 Å². The lowest BCUT2D eigenvalue weighted by Gasteiger charge is -2.27. The van der Waals surface area contributed by atoms with Crippen molar-refractivity contribution in [1.29, 1.82) is 0 Å². The number of carbonyl (C=O) groups is 1. The maximum Gasteiger partial charge on any atom is 0.251 e. The van der Waals surface area contributed by atoms with E-state index in [-0.39, 0.29) is 18.0 Å². The first-order valence-corrected chi connectivity index (χ1v) is 5.69. The van der Waals surface area contributed by atoms with Crippen LogP contribution in [0.15, 0.2) is 18.2 Å². The van der Waals surface area contributed by atoms with E-state index < -0.39 is 23.1 Å². The number of benzene rings is 1. The van der Waals surface area contributed by atoms with Gasteiger partial charge in [0.1, 0.15) is 0 Å². The molecule has 1 aromatic rings. The van der Waals surface area contributed by atoms with Gasteiger partial charge in [0, 0.05) is 12.1 Å². The van der Waals surface area contributed by atoms with Crippen LogP contribution in [-0.4, -0.2) is 23.2 Å². The van der Waals surface area contributed by atoms with Gasteiger partial charge < -0.3 is 10.4 Å². The minimum absolute atomic E-state index is 0.0217. The highest BCUT2D eigenvalue weighted by Gasteiger charge is 2.25. The molecule has 18 heavy (non-hydrogen) atoms. The quantitative estimate of drug-likeness (QED) is 0.867. The molecule has 1 amide bonds. The fraction of sp³-hybridized carbons (Fsp3) is 0.462. The van der Waals surface area contributed by atoms with Crippen molar-refractivity contribution in [2.24, 2.45) is 5.92 Å². The summed E-state index contributed by atoms with van der Waals surface area (Å²) in [5, 5.41) is 12.4. The third-order valence-corrected chi connectivity index (χ3v) is 3.03. The van der Waals surface area contributed by atoms with Gasteiger partial charge in [0.2, 0.25) is 0 Å². The van der Waals surface area contributed by atoms with Crippen LogP contribution in [-0.2, 0) is 0 Å². The number of nitrogens with one attached hydrogen (secondary N) is 1. The number of aliphatic hydroxyl groups is 1. The topological polar surface area (TPSA) is 49.3 Å². The minimum Gasteiger partial charge on any atom is -0.388 e. The van der Waals surface area contributed by atoms with Crippen molar-refractivity contribution in [2.45, 2.75) is 26.4 Å². The monoisotopic (exact) mass is 257 g/mol. The van der Waals surface area contributed by atoms with Crippen LogP contribution in [0.3, 0.4) is 0 Å². The second kappa shape index (κ2) is 5.44. The predicted molar refractivity (Wildman–Crippen MR) is 64.2 cm³/mol. The molecule has 0 heterocycles. The highest BCUT2D eigenvalue weighted by atomic mass is 19.2. The summed E-state index contributed by atoms with van der Waals surface area (Å²) in [5.41, 5.74) is -1.03. The van der Waals surface area contributed by atoms with E-state index in [9.17, 15) is 18.7 Å². The zero-order chi connectivity index (χ0) is 13.9. The Bertz CT molecular complexity index is 445. The van der Waals surface area contributed by atoms with Gasteiger partial charge in [-0.1, -0.05) is 13.8 Å². The molecule has 0 aliphatic heterocycles. The molecule has 1 rings (SSSR count). The van der Waals surface area contributed by atoms with Gasteiger partial charge in [0.15, 0.2) is 11.6 Å². The lowest BCUT2D eigenvalue weighted by atomic mass is 9.92. The molecule has 0 unspecified atom stereocenters. The lowest BCUT2D eigenvalue weighted by molar-refractivity contribution is 0.0142. The second-order valence-electron chi connectivity index (χ2n) is 4.82. The second-order valence-corrected chi connectivity index (χ2v) is 4.82. The van der Waals surface area contributed by atoms with Gasteiger partial charge in [0.25, 0.3) is 5.91 Å². The Morgan fingerprint density at radius 2 is 2.00 bits per heavy atom. The van der Waals surface area contributed by atoms with Gasteiger partial charge in [-0.15, -0.1) is 0 Å². The first kappa shape index (κ1) is 14.6. The molecule has 0 radical (unpaired) electrons.